The zero-order chi connectivity index (χ0) is 15.9. The van der Waals surface area contributed by atoms with E-state index in [1.165, 1.54) is 44.2 Å². The first-order chi connectivity index (χ1) is 9.88. The van der Waals surface area contributed by atoms with Gasteiger partial charge in [-0.2, -0.15) is 0 Å². The fraction of sp³-hybridized carbons (Fsp3) is 0.647. The number of phenolic OH excluding ortho intramolecular Hbond substituents is 1. The maximum atomic E-state index is 10.9. The summed E-state index contributed by atoms with van der Waals surface area (Å²) in [5, 5.41) is 20.4. The van der Waals surface area contributed by atoms with E-state index < -0.39 is 4.92 Å². The largest absolute Gasteiger partial charge is 0.502 e. The second kappa shape index (κ2) is 8.01. The zero-order valence-electron chi connectivity index (χ0n) is 13.4. The van der Waals surface area contributed by atoms with Crippen molar-refractivity contribution < 1.29 is 10.0 Å². The molecule has 0 spiro atoms. The molecule has 0 aliphatic carbocycles. The van der Waals surface area contributed by atoms with Gasteiger partial charge in [0.2, 0.25) is 0 Å². The van der Waals surface area contributed by atoms with Crippen LogP contribution in [0.4, 0.5) is 5.69 Å². The van der Waals surface area contributed by atoms with Crippen molar-refractivity contribution in [1.82, 2.24) is 0 Å². The minimum absolute atomic E-state index is 0.108. The monoisotopic (exact) mass is 293 g/mol. The van der Waals surface area contributed by atoms with Crippen molar-refractivity contribution in [1.29, 1.82) is 0 Å². The Hall–Kier alpha value is -1.58. The lowest BCUT2D eigenvalue weighted by molar-refractivity contribution is -0.386. The summed E-state index contributed by atoms with van der Waals surface area (Å²) < 4.78 is 0. The molecule has 0 heterocycles. The van der Waals surface area contributed by atoms with E-state index >= 15 is 0 Å². The molecule has 0 fully saturated rings. The maximum Gasteiger partial charge on any atom is 0.310 e. The molecule has 0 saturated heterocycles. The molecule has 4 heteroatoms. The van der Waals surface area contributed by atoms with Crippen LogP contribution in [-0.2, 0) is 5.41 Å². The first-order valence-corrected chi connectivity index (χ1v) is 7.86. The second-order valence-electron chi connectivity index (χ2n) is 6.36. The second-order valence-corrected chi connectivity index (χ2v) is 6.36. The molecule has 0 atom stereocenters. The summed E-state index contributed by atoms with van der Waals surface area (Å²) in [6, 6.07) is 4.72. The quantitative estimate of drug-likeness (QED) is 0.380. The van der Waals surface area contributed by atoms with Crippen molar-refractivity contribution in [2.24, 2.45) is 0 Å². The van der Waals surface area contributed by atoms with Crippen LogP contribution in [-0.4, -0.2) is 10.0 Å². The number of benzene rings is 1. The highest BCUT2D eigenvalue weighted by Crippen LogP contribution is 2.35. The van der Waals surface area contributed by atoms with E-state index in [1.807, 2.05) is 0 Å². The summed E-state index contributed by atoms with van der Waals surface area (Å²) in [4.78, 5) is 10.4. The van der Waals surface area contributed by atoms with Gasteiger partial charge in [0.05, 0.1) is 4.92 Å². The third kappa shape index (κ3) is 5.37. The van der Waals surface area contributed by atoms with Crippen LogP contribution in [0.5, 0.6) is 5.75 Å². The van der Waals surface area contributed by atoms with Crippen molar-refractivity contribution in [2.75, 3.05) is 0 Å². The molecule has 118 valence electrons. The Morgan fingerprint density at radius 1 is 1.14 bits per heavy atom. The molecule has 4 nitrogen and oxygen atoms in total. The Balaban J connectivity index is 2.61. The van der Waals surface area contributed by atoms with Gasteiger partial charge in [0.1, 0.15) is 0 Å². The van der Waals surface area contributed by atoms with Crippen LogP contribution in [0.25, 0.3) is 0 Å². The molecule has 1 N–H and O–H groups in total. The van der Waals surface area contributed by atoms with E-state index in [-0.39, 0.29) is 16.9 Å². The van der Waals surface area contributed by atoms with E-state index in [9.17, 15) is 15.2 Å². The summed E-state index contributed by atoms with van der Waals surface area (Å²) in [5.41, 5.74) is 0.604. The number of aromatic hydroxyl groups is 1. The lowest BCUT2D eigenvalue weighted by Gasteiger charge is -2.25. The van der Waals surface area contributed by atoms with E-state index in [0.29, 0.717) is 0 Å². The summed E-state index contributed by atoms with van der Waals surface area (Å²) in [6.07, 6.45) is 8.45. The molecule has 0 unspecified atom stereocenters. The van der Waals surface area contributed by atoms with Crippen molar-refractivity contribution in [3.63, 3.8) is 0 Å². The van der Waals surface area contributed by atoms with Crippen LogP contribution in [0.2, 0.25) is 0 Å². The Kier molecular flexibility index (Phi) is 6.66. The highest BCUT2D eigenvalue weighted by atomic mass is 16.6. The topological polar surface area (TPSA) is 63.4 Å². The van der Waals surface area contributed by atoms with Gasteiger partial charge in [0, 0.05) is 6.07 Å². The van der Waals surface area contributed by atoms with Gasteiger partial charge in [0.25, 0.3) is 0 Å². The van der Waals surface area contributed by atoms with Crippen LogP contribution in [0.3, 0.4) is 0 Å². The molecular formula is C17H27NO3. The molecule has 0 aliphatic rings. The number of nitro benzene ring substituents is 1. The van der Waals surface area contributed by atoms with Crippen LogP contribution in [0.15, 0.2) is 18.2 Å². The highest BCUT2D eigenvalue weighted by molar-refractivity contribution is 5.49. The number of unbranched alkanes of at least 4 members (excludes halogenated alkanes) is 5. The Morgan fingerprint density at radius 2 is 1.76 bits per heavy atom. The van der Waals surface area contributed by atoms with Crippen molar-refractivity contribution in [3.05, 3.63) is 33.9 Å². The normalized spacial score (nSPS) is 11.6. The smallest absolute Gasteiger partial charge is 0.310 e. The molecule has 0 bridgehead atoms. The summed E-state index contributed by atoms with van der Waals surface area (Å²) in [7, 11) is 0. The van der Waals surface area contributed by atoms with Gasteiger partial charge in [-0.05, 0) is 23.5 Å². The van der Waals surface area contributed by atoms with Gasteiger partial charge in [-0.3, -0.25) is 10.1 Å². The average molecular weight is 293 g/mol. The van der Waals surface area contributed by atoms with Gasteiger partial charge in [-0.1, -0.05) is 65.4 Å². The van der Waals surface area contributed by atoms with Crippen molar-refractivity contribution in [3.8, 4) is 5.75 Å². The van der Waals surface area contributed by atoms with Crippen LogP contribution < -0.4 is 0 Å². The zero-order valence-corrected chi connectivity index (χ0v) is 13.4. The van der Waals surface area contributed by atoms with Crippen LogP contribution in [0, 0.1) is 10.1 Å². The number of nitro groups is 1. The van der Waals surface area contributed by atoms with E-state index in [1.54, 1.807) is 6.07 Å². The summed E-state index contributed by atoms with van der Waals surface area (Å²) in [5.74, 6) is -0.265. The molecule has 1 rings (SSSR count). The third-order valence-corrected chi connectivity index (χ3v) is 4.11. The van der Waals surface area contributed by atoms with E-state index in [2.05, 4.69) is 20.8 Å². The van der Waals surface area contributed by atoms with Crippen molar-refractivity contribution in [2.45, 2.75) is 71.1 Å². The fourth-order valence-corrected chi connectivity index (χ4v) is 2.58. The molecule has 1 aromatic rings. The van der Waals surface area contributed by atoms with E-state index in [0.717, 1.165) is 18.4 Å². The number of nitrogens with zero attached hydrogens (tertiary/aromatic N) is 1. The number of rotatable bonds is 9. The predicted octanol–water partition coefficient (Wildman–Crippen LogP) is 5.33. The first kappa shape index (κ1) is 17.5. The average Bonchev–Trinajstić information content (AvgIpc) is 2.42. The molecule has 0 aliphatic heterocycles. The lowest BCUT2D eigenvalue weighted by atomic mass is 9.79. The Morgan fingerprint density at radius 3 is 2.38 bits per heavy atom. The minimum Gasteiger partial charge on any atom is -0.502 e. The van der Waals surface area contributed by atoms with Gasteiger partial charge >= 0.3 is 5.69 Å². The molecule has 0 amide bonds. The Labute approximate surface area is 127 Å². The summed E-state index contributed by atoms with van der Waals surface area (Å²) >= 11 is 0. The lowest BCUT2D eigenvalue weighted by Crippen LogP contribution is -2.17. The van der Waals surface area contributed by atoms with Crippen molar-refractivity contribution >= 4 is 5.69 Å². The third-order valence-electron chi connectivity index (χ3n) is 4.11. The van der Waals surface area contributed by atoms with Gasteiger partial charge in [0.15, 0.2) is 5.75 Å². The molecule has 1 aromatic carbocycles. The molecule has 0 aromatic heterocycles. The number of hydrogen-bond donors (Lipinski definition) is 1. The molecule has 0 radical (unpaired) electrons. The summed E-state index contributed by atoms with van der Waals surface area (Å²) in [6.45, 7) is 6.42. The van der Waals surface area contributed by atoms with Gasteiger partial charge in [-0.25, -0.2) is 0 Å². The predicted molar refractivity (Wildman–Crippen MR) is 85.8 cm³/mol. The van der Waals surface area contributed by atoms with Gasteiger partial charge in [-0.15, -0.1) is 0 Å². The molecule has 0 saturated carbocycles. The molecular weight excluding hydrogens is 266 g/mol. The van der Waals surface area contributed by atoms with Crippen LogP contribution >= 0.6 is 0 Å². The maximum absolute atomic E-state index is 10.9. The number of phenols is 1. The molecule has 21 heavy (non-hydrogen) atoms. The highest BCUT2D eigenvalue weighted by Gasteiger charge is 2.24. The fourth-order valence-electron chi connectivity index (χ4n) is 2.58. The minimum atomic E-state index is -0.528. The van der Waals surface area contributed by atoms with Crippen LogP contribution in [0.1, 0.15) is 71.3 Å². The van der Waals surface area contributed by atoms with Gasteiger partial charge < -0.3 is 5.11 Å². The first-order valence-electron chi connectivity index (χ1n) is 7.86. The standard InChI is InChI=1S/C17H27NO3/c1-4-5-6-7-8-9-12-17(2,3)14-10-11-16(19)15(13-14)18(20)21/h10-11,13,19H,4-9,12H2,1-3H3. The Bertz CT molecular complexity index is 469. The van der Waals surface area contributed by atoms with E-state index in [4.69, 9.17) is 0 Å². The SMILES string of the molecule is CCCCCCCCC(C)(C)c1ccc(O)c([N+](=O)[O-])c1. The number of hydrogen-bond acceptors (Lipinski definition) is 3.